The molecule has 3 aromatic rings. The van der Waals surface area contributed by atoms with Gasteiger partial charge >= 0.3 is 0 Å². The van der Waals surface area contributed by atoms with Crippen molar-refractivity contribution in [2.75, 3.05) is 25.3 Å². The Hall–Kier alpha value is -3.40. The molecule has 0 unspecified atom stereocenters. The van der Waals surface area contributed by atoms with E-state index in [2.05, 4.69) is 20.5 Å². The van der Waals surface area contributed by atoms with Crippen molar-refractivity contribution < 1.29 is 22.7 Å². The normalized spacial score (nSPS) is 11.2. The number of aromatic amines is 1. The Kier molecular flexibility index (Phi) is 6.36. The van der Waals surface area contributed by atoms with E-state index in [1.165, 1.54) is 19.2 Å². The topological polar surface area (TPSA) is 123 Å². The molecule has 10 heteroatoms. The lowest BCUT2D eigenvalue weighted by molar-refractivity contribution is -0.115. The third-order valence-corrected chi connectivity index (χ3v) is 6.11. The van der Waals surface area contributed by atoms with Crippen molar-refractivity contribution in [3.05, 3.63) is 48.0 Å². The minimum absolute atomic E-state index is 0.0422. The Morgan fingerprint density at radius 1 is 1.10 bits per heavy atom. The van der Waals surface area contributed by atoms with Crippen LogP contribution in [0.3, 0.4) is 0 Å². The fourth-order valence-electron chi connectivity index (χ4n) is 2.71. The van der Waals surface area contributed by atoms with Crippen LogP contribution in [0.15, 0.2) is 47.4 Å². The van der Waals surface area contributed by atoms with Crippen molar-refractivity contribution in [2.24, 2.45) is 0 Å². The highest BCUT2D eigenvalue weighted by Gasteiger charge is 2.18. The number of sulfone groups is 1. The first-order valence-corrected chi connectivity index (χ1v) is 10.7. The van der Waals surface area contributed by atoms with E-state index in [4.69, 9.17) is 9.47 Å². The number of H-pyrrole nitrogens is 1. The number of carbonyl (C=O) groups excluding carboxylic acids is 1. The maximum absolute atomic E-state index is 12.4. The number of benzene rings is 2. The largest absolute Gasteiger partial charge is 0.497 e. The Labute approximate surface area is 174 Å². The molecule has 158 valence electrons. The molecule has 9 nitrogen and oxygen atoms in total. The molecule has 2 N–H and O–H groups in total. The second kappa shape index (κ2) is 8.95. The van der Waals surface area contributed by atoms with Crippen LogP contribution in [0.4, 0.5) is 5.95 Å². The van der Waals surface area contributed by atoms with Crippen molar-refractivity contribution in [1.82, 2.24) is 15.2 Å². The lowest BCUT2D eigenvalue weighted by Gasteiger charge is -2.07. The van der Waals surface area contributed by atoms with Gasteiger partial charge in [0.2, 0.25) is 11.9 Å². The summed E-state index contributed by atoms with van der Waals surface area (Å²) in [5.74, 6) is 0.757. The number of anilines is 1. The molecule has 0 saturated carbocycles. The quantitative estimate of drug-likeness (QED) is 0.563. The SMILES string of the molecule is COc1ccc(-c2nc(NC(=O)CCS(=O)(=O)c3ccc(C)cc3)n[nH]2)c(OC)c1. The summed E-state index contributed by atoms with van der Waals surface area (Å²) in [5.41, 5.74) is 1.59. The molecular formula is C20H22N4O5S. The number of ether oxygens (including phenoxy) is 2. The fraction of sp³-hybridized carbons (Fsp3) is 0.250. The molecule has 0 spiro atoms. The minimum Gasteiger partial charge on any atom is -0.497 e. The standard InChI is InChI=1S/C20H22N4O5S/c1-13-4-7-15(8-5-13)30(26,27)11-10-18(25)21-20-22-19(23-24-20)16-9-6-14(28-2)12-17(16)29-3/h4-9,12H,10-11H2,1-3H3,(H2,21,22,23,24,25). The molecule has 1 heterocycles. The van der Waals surface area contributed by atoms with Crippen LogP contribution in [0.5, 0.6) is 11.5 Å². The summed E-state index contributed by atoms with van der Waals surface area (Å²) >= 11 is 0. The van der Waals surface area contributed by atoms with Crippen molar-refractivity contribution >= 4 is 21.7 Å². The zero-order valence-electron chi connectivity index (χ0n) is 16.8. The maximum Gasteiger partial charge on any atom is 0.249 e. The van der Waals surface area contributed by atoms with Crippen LogP contribution in [0.2, 0.25) is 0 Å². The second-order valence-electron chi connectivity index (χ2n) is 6.50. The van der Waals surface area contributed by atoms with E-state index in [0.717, 1.165) is 5.56 Å². The fourth-order valence-corrected chi connectivity index (χ4v) is 3.95. The third-order valence-electron chi connectivity index (χ3n) is 4.38. The molecule has 0 fully saturated rings. The van der Waals surface area contributed by atoms with Gasteiger partial charge in [0, 0.05) is 12.5 Å². The van der Waals surface area contributed by atoms with Crippen molar-refractivity contribution in [3.63, 3.8) is 0 Å². The highest BCUT2D eigenvalue weighted by molar-refractivity contribution is 7.91. The first-order valence-electron chi connectivity index (χ1n) is 9.06. The van der Waals surface area contributed by atoms with Gasteiger partial charge in [0.15, 0.2) is 15.7 Å². The summed E-state index contributed by atoms with van der Waals surface area (Å²) in [6.07, 6.45) is -0.216. The summed E-state index contributed by atoms with van der Waals surface area (Å²) in [7, 11) is -0.485. The van der Waals surface area contributed by atoms with Gasteiger partial charge < -0.3 is 9.47 Å². The number of carbonyl (C=O) groups is 1. The molecule has 2 aromatic carbocycles. The van der Waals surface area contributed by atoms with E-state index in [1.807, 2.05) is 6.92 Å². The maximum atomic E-state index is 12.4. The Balaban J connectivity index is 1.65. The molecule has 0 aliphatic heterocycles. The minimum atomic E-state index is -3.56. The van der Waals surface area contributed by atoms with Gasteiger partial charge in [-0.2, -0.15) is 4.98 Å². The van der Waals surface area contributed by atoms with Gasteiger partial charge in [0.05, 0.1) is 30.4 Å². The molecule has 0 saturated heterocycles. The molecular weight excluding hydrogens is 408 g/mol. The molecule has 0 bridgehead atoms. The van der Waals surface area contributed by atoms with E-state index in [-0.39, 0.29) is 23.0 Å². The zero-order chi connectivity index (χ0) is 21.7. The van der Waals surface area contributed by atoms with Crippen LogP contribution in [0, 0.1) is 6.92 Å². The number of amides is 1. The predicted octanol–water partition coefficient (Wildman–Crippen LogP) is 2.60. The van der Waals surface area contributed by atoms with Gasteiger partial charge in [-0.1, -0.05) is 17.7 Å². The van der Waals surface area contributed by atoms with Gasteiger partial charge in [-0.25, -0.2) is 8.42 Å². The van der Waals surface area contributed by atoms with E-state index in [1.54, 1.807) is 37.4 Å². The number of nitrogens with one attached hydrogen (secondary N) is 2. The molecule has 1 amide bonds. The van der Waals surface area contributed by atoms with E-state index >= 15 is 0 Å². The van der Waals surface area contributed by atoms with Gasteiger partial charge in [-0.3, -0.25) is 15.2 Å². The molecule has 0 aliphatic rings. The molecule has 0 aliphatic carbocycles. The lowest BCUT2D eigenvalue weighted by Crippen LogP contribution is -2.18. The van der Waals surface area contributed by atoms with Crippen molar-refractivity contribution in [3.8, 4) is 22.9 Å². The van der Waals surface area contributed by atoms with E-state index < -0.39 is 15.7 Å². The number of rotatable bonds is 8. The molecule has 1 aromatic heterocycles. The van der Waals surface area contributed by atoms with E-state index in [0.29, 0.717) is 22.9 Å². The van der Waals surface area contributed by atoms with E-state index in [9.17, 15) is 13.2 Å². The number of aryl methyl sites for hydroxylation is 1. The average molecular weight is 430 g/mol. The Morgan fingerprint density at radius 3 is 2.50 bits per heavy atom. The molecule has 3 rings (SSSR count). The van der Waals surface area contributed by atoms with Crippen LogP contribution in [-0.4, -0.2) is 49.5 Å². The van der Waals surface area contributed by atoms with Gasteiger partial charge in [-0.05, 0) is 31.2 Å². The van der Waals surface area contributed by atoms with Gasteiger partial charge in [0.1, 0.15) is 11.5 Å². The van der Waals surface area contributed by atoms with Crippen LogP contribution in [0.25, 0.3) is 11.4 Å². The number of nitrogens with zero attached hydrogens (tertiary/aromatic N) is 2. The van der Waals surface area contributed by atoms with Crippen molar-refractivity contribution in [2.45, 2.75) is 18.2 Å². The lowest BCUT2D eigenvalue weighted by atomic mass is 10.2. The number of hydrogen-bond acceptors (Lipinski definition) is 7. The molecule has 0 atom stereocenters. The highest BCUT2D eigenvalue weighted by Crippen LogP contribution is 2.31. The van der Waals surface area contributed by atoms with Crippen LogP contribution in [-0.2, 0) is 14.6 Å². The summed E-state index contributed by atoms with van der Waals surface area (Å²) in [6, 6.07) is 11.7. The molecule has 30 heavy (non-hydrogen) atoms. The number of methoxy groups -OCH3 is 2. The van der Waals surface area contributed by atoms with Gasteiger partial charge in [-0.15, -0.1) is 5.10 Å². The van der Waals surface area contributed by atoms with Crippen molar-refractivity contribution in [1.29, 1.82) is 0 Å². The Morgan fingerprint density at radius 2 is 1.83 bits per heavy atom. The third kappa shape index (κ3) is 4.95. The van der Waals surface area contributed by atoms with Crippen LogP contribution >= 0.6 is 0 Å². The highest BCUT2D eigenvalue weighted by atomic mass is 32.2. The average Bonchev–Trinajstić information content (AvgIpc) is 3.20. The monoisotopic (exact) mass is 430 g/mol. The predicted molar refractivity (Wildman–Crippen MR) is 111 cm³/mol. The summed E-state index contributed by atoms with van der Waals surface area (Å²) in [4.78, 5) is 16.6. The van der Waals surface area contributed by atoms with Gasteiger partial charge in [0.25, 0.3) is 0 Å². The van der Waals surface area contributed by atoms with Crippen LogP contribution in [0.1, 0.15) is 12.0 Å². The second-order valence-corrected chi connectivity index (χ2v) is 8.61. The number of hydrogen-bond donors (Lipinski definition) is 2. The summed E-state index contributed by atoms with van der Waals surface area (Å²) in [5, 5.41) is 9.19. The number of aromatic nitrogens is 3. The first-order chi connectivity index (χ1) is 14.3. The van der Waals surface area contributed by atoms with Crippen LogP contribution < -0.4 is 14.8 Å². The smallest absolute Gasteiger partial charge is 0.249 e. The zero-order valence-corrected chi connectivity index (χ0v) is 17.6. The molecule has 0 radical (unpaired) electrons. The summed E-state index contributed by atoms with van der Waals surface area (Å²) < 4.78 is 35.2. The summed E-state index contributed by atoms with van der Waals surface area (Å²) in [6.45, 7) is 1.87. The Bertz CT molecular complexity index is 1140. The first kappa shape index (κ1) is 21.3.